The molecule has 1 aromatic carbocycles. The van der Waals surface area contributed by atoms with Crippen LogP contribution in [0.3, 0.4) is 0 Å². The molecule has 8 nitrogen and oxygen atoms in total. The molecule has 126 valence electrons. The molecule has 0 bridgehead atoms. The monoisotopic (exact) mass is 324 g/mol. The summed E-state index contributed by atoms with van der Waals surface area (Å²) in [5.41, 5.74) is -0.668. The highest BCUT2D eigenvalue weighted by Crippen LogP contribution is 2.21. The maximum Gasteiger partial charge on any atom is 0.328 e. The summed E-state index contributed by atoms with van der Waals surface area (Å²) >= 11 is 0. The van der Waals surface area contributed by atoms with E-state index in [0.29, 0.717) is 0 Å². The summed E-state index contributed by atoms with van der Waals surface area (Å²) < 4.78 is 9.89. The van der Waals surface area contributed by atoms with E-state index in [4.69, 9.17) is 4.74 Å². The SMILES string of the molecule is COC(=O)[C@@H](NC(=O)COc1cccc([N+](=O)[O-])c1)C(C)(C)C. The predicted molar refractivity (Wildman–Crippen MR) is 82.0 cm³/mol. The minimum atomic E-state index is -0.825. The highest BCUT2D eigenvalue weighted by Gasteiger charge is 2.33. The molecule has 23 heavy (non-hydrogen) atoms. The molecule has 0 aromatic heterocycles. The molecule has 0 fully saturated rings. The van der Waals surface area contributed by atoms with Crippen molar-refractivity contribution in [1.29, 1.82) is 0 Å². The molecule has 0 saturated carbocycles. The van der Waals surface area contributed by atoms with Crippen molar-refractivity contribution in [3.05, 3.63) is 34.4 Å². The number of benzene rings is 1. The van der Waals surface area contributed by atoms with Gasteiger partial charge in [0.2, 0.25) is 0 Å². The lowest BCUT2D eigenvalue weighted by Gasteiger charge is -2.28. The second-order valence-electron chi connectivity index (χ2n) is 5.93. The molecule has 1 aromatic rings. The van der Waals surface area contributed by atoms with Crippen LogP contribution in [0.4, 0.5) is 5.69 Å². The minimum Gasteiger partial charge on any atom is -0.484 e. The number of rotatable bonds is 6. The van der Waals surface area contributed by atoms with Crippen LogP contribution in [0.2, 0.25) is 0 Å². The zero-order valence-corrected chi connectivity index (χ0v) is 13.5. The average Bonchev–Trinajstić information content (AvgIpc) is 2.49. The summed E-state index contributed by atoms with van der Waals surface area (Å²) in [6.45, 7) is 4.99. The summed E-state index contributed by atoms with van der Waals surface area (Å²) in [7, 11) is 1.24. The lowest BCUT2D eigenvalue weighted by Crippen LogP contribution is -2.50. The molecule has 0 unspecified atom stereocenters. The van der Waals surface area contributed by atoms with Crippen LogP contribution in [-0.2, 0) is 14.3 Å². The van der Waals surface area contributed by atoms with Gasteiger partial charge in [-0.15, -0.1) is 0 Å². The van der Waals surface area contributed by atoms with Gasteiger partial charge in [-0.3, -0.25) is 14.9 Å². The number of amides is 1. The molecule has 0 radical (unpaired) electrons. The number of ether oxygens (including phenoxy) is 2. The van der Waals surface area contributed by atoms with Crippen LogP contribution < -0.4 is 10.1 Å². The van der Waals surface area contributed by atoms with E-state index in [9.17, 15) is 19.7 Å². The number of hydrogen-bond donors (Lipinski definition) is 1. The van der Waals surface area contributed by atoms with Crippen molar-refractivity contribution in [1.82, 2.24) is 5.32 Å². The van der Waals surface area contributed by atoms with Gasteiger partial charge in [-0.1, -0.05) is 26.8 Å². The zero-order valence-electron chi connectivity index (χ0n) is 13.5. The van der Waals surface area contributed by atoms with Crippen LogP contribution in [0, 0.1) is 15.5 Å². The Morgan fingerprint density at radius 3 is 2.52 bits per heavy atom. The smallest absolute Gasteiger partial charge is 0.328 e. The largest absolute Gasteiger partial charge is 0.484 e. The second-order valence-corrected chi connectivity index (χ2v) is 5.93. The maximum absolute atomic E-state index is 11.9. The Labute approximate surface area is 133 Å². The van der Waals surface area contributed by atoms with Crippen LogP contribution in [0.15, 0.2) is 24.3 Å². The minimum absolute atomic E-state index is 0.134. The van der Waals surface area contributed by atoms with Crippen LogP contribution in [0.25, 0.3) is 0 Å². The van der Waals surface area contributed by atoms with E-state index < -0.39 is 28.3 Å². The molecule has 8 heteroatoms. The molecule has 0 aliphatic heterocycles. The molecule has 0 aliphatic carbocycles. The third-order valence-electron chi connectivity index (χ3n) is 3.01. The van der Waals surface area contributed by atoms with E-state index in [1.807, 2.05) is 0 Å². The van der Waals surface area contributed by atoms with Crippen LogP contribution in [0.5, 0.6) is 5.75 Å². The lowest BCUT2D eigenvalue weighted by atomic mass is 9.86. The van der Waals surface area contributed by atoms with E-state index in [1.54, 1.807) is 20.8 Å². The Morgan fingerprint density at radius 1 is 1.35 bits per heavy atom. The molecular formula is C15H20N2O6. The van der Waals surface area contributed by atoms with E-state index in [0.717, 1.165) is 0 Å². The number of hydrogen-bond acceptors (Lipinski definition) is 6. The summed E-state index contributed by atoms with van der Waals surface area (Å²) in [4.78, 5) is 33.8. The number of nitrogens with zero attached hydrogens (tertiary/aromatic N) is 1. The summed E-state index contributed by atoms with van der Waals surface area (Å²) in [5, 5.41) is 13.2. The number of non-ortho nitro benzene ring substituents is 1. The number of carbonyl (C=O) groups excluding carboxylic acids is 2. The van der Waals surface area contributed by atoms with Crippen molar-refractivity contribution in [2.75, 3.05) is 13.7 Å². The van der Waals surface area contributed by atoms with Crippen molar-refractivity contribution >= 4 is 17.6 Å². The highest BCUT2D eigenvalue weighted by molar-refractivity contribution is 5.85. The first-order valence-corrected chi connectivity index (χ1v) is 6.89. The standard InChI is InChI=1S/C15H20N2O6/c1-15(2,3)13(14(19)22-4)16-12(18)9-23-11-7-5-6-10(8-11)17(20)21/h5-8,13H,9H2,1-4H3,(H,16,18)/t13-/m1/s1. The van der Waals surface area contributed by atoms with Gasteiger partial charge in [-0.2, -0.15) is 0 Å². The first-order chi connectivity index (χ1) is 10.6. The van der Waals surface area contributed by atoms with Gasteiger partial charge < -0.3 is 14.8 Å². The summed E-state index contributed by atoms with van der Waals surface area (Å²) in [6.07, 6.45) is 0. The normalized spacial score (nSPS) is 12.2. The Morgan fingerprint density at radius 2 is 2.00 bits per heavy atom. The molecule has 0 spiro atoms. The van der Waals surface area contributed by atoms with Crippen molar-refractivity contribution in [2.24, 2.45) is 5.41 Å². The van der Waals surface area contributed by atoms with Gasteiger partial charge in [-0.05, 0) is 11.5 Å². The third kappa shape index (κ3) is 5.57. The van der Waals surface area contributed by atoms with E-state index >= 15 is 0 Å². The average molecular weight is 324 g/mol. The fourth-order valence-electron chi connectivity index (χ4n) is 1.79. The Hall–Kier alpha value is -2.64. The van der Waals surface area contributed by atoms with Crippen molar-refractivity contribution < 1.29 is 24.0 Å². The molecule has 1 N–H and O–H groups in total. The Balaban J connectivity index is 2.67. The number of nitrogens with one attached hydrogen (secondary N) is 1. The fourth-order valence-corrected chi connectivity index (χ4v) is 1.79. The van der Waals surface area contributed by atoms with Gasteiger partial charge in [0.1, 0.15) is 11.8 Å². The fraction of sp³-hybridized carbons (Fsp3) is 0.467. The van der Waals surface area contributed by atoms with Crippen molar-refractivity contribution in [3.8, 4) is 5.75 Å². The van der Waals surface area contributed by atoms with Gasteiger partial charge >= 0.3 is 5.97 Å². The van der Waals surface area contributed by atoms with Gasteiger partial charge in [0.15, 0.2) is 6.61 Å². The molecule has 1 atom stereocenters. The number of nitro groups is 1. The van der Waals surface area contributed by atoms with Gasteiger partial charge in [0, 0.05) is 6.07 Å². The van der Waals surface area contributed by atoms with Crippen molar-refractivity contribution in [2.45, 2.75) is 26.8 Å². The third-order valence-corrected chi connectivity index (χ3v) is 3.01. The molecule has 0 saturated heterocycles. The molecule has 0 aliphatic rings. The summed E-state index contributed by atoms with van der Waals surface area (Å²) in [5.74, 6) is -0.886. The van der Waals surface area contributed by atoms with E-state index in [-0.39, 0.29) is 18.0 Å². The summed E-state index contributed by atoms with van der Waals surface area (Å²) in [6, 6.07) is 4.67. The van der Waals surface area contributed by atoms with Gasteiger partial charge in [0.25, 0.3) is 11.6 Å². The number of carbonyl (C=O) groups is 2. The second kappa shape index (κ2) is 7.57. The van der Waals surface area contributed by atoms with E-state index in [1.165, 1.54) is 31.4 Å². The first kappa shape index (κ1) is 18.4. The van der Waals surface area contributed by atoms with E-state index in [2.05, 4.69) is 10.1 Å². The number of nitro benzene ring substituents is 1. The Bertz CT molecular complexity index is 594. The topological polar surface area (TPSA) is 108 Å². The van der Waals surface area contributed by atoms with Crippen LogP contribution in [-0.4, -0.2) is 36.6 Å². The van der Waals surface area contributed by atoms with Crippen LogP contribution in [0.1, 0.15) is 20.8 Å². The van der Waals surface area contributed by atoms with Gasteiger partial charge in [-0.25, -0.2) is 4.79 Å². The molecule has 0 heterocycles. The number of methoxy groups -OCH3 is 1. The first-order valence-electron chi connectivity index (χ1n) is 6.89. The Kier molecular flexibility index (Phi) is 6.06. The van der Waals surface area contributed by atoms with Crippen molar-refractivity contribution in [3.63, 3.8) is 0 Å². The van der Waals surface area contributed by atoms with Gasteiger partial charge in [0.05, 0.1) is 18.1 Å². The maximum atomic E-state index is 11.9. The predicted octanol–water partition coefficient (Wildman–Crippen LogP) is 1.68. The highest BCUT2D eigenvalue weighted by atomic mass is 16.6. The number of esters is 1. The quantitative estimate of drug-likeness (QED) is 0.484. The molecular weight excluding hydrogens is 304 g/mol. The molecule has 1 rings (SSSR count). The lowest BCUT2D eigenvalue weighted by molar-refractivity contribution is -0.384. The molecule has 1 amide bonds. The zero-order chi connectivity index (χ0) is 17.6. The van der Waals surface area contributed by atoms with Crippen LogP contribution >= 0.6 is 0 Å².